The van der Waals surface area contributed by atoms with Crippen LogP contribution in [0.1, 0.15) is 19.4 Å². The molecule has 2 rings (SSSR count). The minimum absolute atomic E-state index is 0.0170. The van der Waals surface area contributed by atoms with Gasteiger partial charge in [-0.05, 0) is 90.5 Å². The lowest BCUT2D eigenvalue weighted by Gasteiger charge is -2.07. The Kier molecular flexibility index (Phi) is 7.48. The second kappa shape index (κ2) is 9.82. The molecule has 6 heteroatoms. The van der Waals surface area contributed by atoms with Crippen molar-refractivity contribution in [1.82, 2.24) is 0 Å². The number of nitrogens with one attached hydrogen (secondary N) is 1. The van der Waals surface area contributed by atoms with Gasteiger partial charge in [0.1, 0.15) is 23.1 Å². The molecule has 0 heterocycles. The maximum Gasteiger partial charge on any atom is 0.266 e. The van der Waals surface area contributed by atoms with Crippen molar-refractivity contribution in [3.8, 4) is 17.6 Å². The van der Waals surface area contributed by atoms with E-state index < -0.39 is 5.91 Å². The number of anilines is 1. The van der Waals surface area contributed by atoms with Gasteiger partial charge >= 0.3 is 0 Å². The number of carbonyl (C=O) groups is 1. The van der Waals surface area contributed by atoms with Crippen LogP contribution in [0.5, 0.6) is 11.5 Å². The van der Waals surface area contributed by atoms with Crippen molar-refractivity contribution in [3.05, 3.63) is 57.2 Å². The Balaban J connectivity index is 2.17. The van der Waals surface area contributed by atoms with Crippen LogP contribution in [0.3, 0.4) is 0 Å². The van der Waals surface area contributed by atoms with Crippen LogP contribution < -0.4 is 14.8 Å². The summed E-state index contributed by atoms with van der Waals surface area (Å²) in [5.74, 6) is 0.965. The fraction of sp³-hybridized carbons (Fsp3) is 0.200. The molecule has 2 aromatic rings. The number of ether oxygens (including phenoxy) is 2. The van der Waals surface area contributed by atoms with Crippen LogP contribution in [-0.2, 0) is 4.79 Å². The standard InChI is InChI=1S/C20H19IN2O3/c1-3-25-18-7-5-17(6-8-18)23-20(24)15(13-22)9-14-10-16(21)12-19(11-14)26-4-2/h5-12H,3-4H2,1-2H3,(H,23,24)/b15-9+. The molecule has 0 saturated carbocycles. The van der Waals surface area contributed by atoms with Crippen LogP contribution in [0.4, 0.5) is 5.69 Å². The predicted molar refractivity (Wildman–Crippen MR) is 110 cm³/mol. The molecule has 5 nitrogen and oxygen atoms in total. The lowest BCUT2D eigenvalue weighted by atomic mass is 10.1. The zero-order chi connectivity index (χ0) is 18.9. The molecule has 0 saturated heterocycles. The Hall–Kier alpha value is -2.53. The Bertz CT molecular complexity index is 839. The van der Waals surface area contributed by atoms with Crippen molar-refractivity contribution < 1.29 is 14.3 Å². The molecule has 0 fully saturated rings. The smallest absolute Gasteiger partial charge is 0.266 e. The van der Waals surface area contributed by atoms with Crippen LogP contribution in [0.25, 0.3) is 6.08 Å². The highest BCUT2D eigenvalue weighted by atomic mass is 127. The molecule has 0 aliphatic heterocycles. The van der Waals surface area contributed by atoms with Gasteiger partial charge in [-0.25, -0.2) is 0 Å². The highest BCUT2D eigenvalue weighted by Gasteiger charge is 2.10. The fourth-order valence-corrected chi connectivity index (χ4v) is 2.90. The highest BCUT2D eigenvalue weighted by molar-refractivity contribution is 14.1. The summed E-state index contributed by atoms with van der Waals surface area (Å²) in [7, 11) is 0. The lowest BCUT2D eigenvalue weighted by Crippen LogP contribution is -2.13. The summed E-state index contributed by atoms with van der Waals surface area (Å²) in [6.45, 7) is 4.93. The Morgan fingerprint density at radius 3 is 2.38 bits per heavy atom. The van der Waals surface area contributed by atoms with E-state index in [1.807, 2.05) is 32.0 Å². The van der Waals surface area contributed by atoms with Crippen molar-refractivity contribution in [2.45, 2.75) is 13.8 Å². The molecule has 0 radical (unpaired) electrons. The average molecular weight is 462 g/mol. The third kappa shape index (κ3) is 5.77. The summed E-state index contributed by atoms with van der Waals surface area (Å²) in [5.41, 5.74) is 1.35. The summed E-state index contributed by atoms with van der Waals surface area (Å²) in [4.78, 5) is 12.4. The first-order chi connectivity index (χ1) is 12.5. The zero-order valence-corrected chi connectivity index (χ0v) is 16.7. The first-order valence-corrected chi connectivity index (χ1v) is 9.23. The molecule has 1 amide bonds. The third-order valence-corrected chi connectivity index (χ3v) is 3.93. The summed E-state index contributed by atoms with van der Waals surface area (Å²) in [5, 5.41) is 12.1. The fourth-order valence-electron chi connectivity index (χ4n) is 2.23. The molecule has 0 aromatic heterocycles. The van der Waals surface area contributed by atoms with E-state index in [1.54, 1.807) is 36.4 Å². The SMILES string of the molecule is CCOc1ccc(NC(=O)/C(C#N)=C/c2cc(I)cc(OCC)c2)cc1. The third-order valence-electron chi connectivity index (χ3n) is 3.30. The number of rotatable bonds is 7. The first kappa shape index (κ1) is 19.8. The number of hydrogen-bond donors (Lipinski definition) is 1. The van der Waals surface area contributed by atoms with E-state index in [-0.39, 0.29) is 5.57 Å². The Morgan fingerprint density at radius 2 is 1.77 bits per heavy atom. The number of nitriles is 1. The molecule has 0 unspecified atom stereocenters. The molecular formula is C20H19IN2O3. The maximum absolute atomic E-state index is 12.4. The molecular weight excluding hydrogens is 443 g/mol. The molecule has 0 aliphatic carbocycles. The normalized spacial score (nSPS) is 10.8. The number of benzene rings is 2. The largest absolute Gasteiger partial charge is 0.494 e. The van der Waals surface area contributed by atoms with Crippen LogP contribution in [0.15, 0.2) is 48.0 Å². The maximum atomic E-state index is 12.4. The summed E-state index contributed by atoms with van der Waals surface area (Å²) in [6.07, 6.45) is 1.55. The van der Waals surface area contributed by atoms with Gasteiger partial charge in [0.2, 0.25) is 0 Å². The molecule has 0 bridgehead atoms. The van der Waals surface area contributed by atoms with E-state index >= 15 is 0 Å². The summed E-state index contributed by atoms with van der Waals surface area (Å²) in [6, 6.07) is 14.5. The van der Waals surface area contributed by atoms with Crippen LogP contribution >= 0.6 is 22.6 Å². The van der Waals surface area contributed by atoms with Crippen molar-refractivity contribution in [2.24, 2.45) is 0 Å². The molecule has 0 aliphatic rings. The molecule has 134 valence electrons. The quantitative estimate of drug-likeness (QED) is 0.370. The van der Waals surface area contributed by atoms with Gasteiger partial charge in [-0.15, -0.1) is 0 Å². The van der Waals surface area contributed by atoms with Crippen molar-refractivity contribution in [3.63, 3.8) is 0 Å². The lowest BCUT2D eigenvalue weighted by molar-refractivity contribution is -0.112. The number of amides is 1. The van der Waals surface area contributed by atoms with Crippen molar-refractivity contribution in [1.29, 1.82) is 5.26 Å². The Morgan fingerprint density at radius 1 is 1.12 bits per heavy atom. The van der Waals surface area contributed by atoms with Crippen LogP contribution in [0, 0.1) is 14.9 Å². The number of nitrogens with zero attached hydrogens (tertiary/aromatic N) is 1. The highest BCUT2D eigenvalue weighted by Crippen LogP contribution is 2.21. The van der Waals surface area contributed by atoms with E-state index in [2.05, 4.69) is 27.9 Å². The van der Waals surface area contributed by atoms with Gasteiger partial charge in [0.05, 0.1) is 13.2 Å². The van der Waals surface area contributed by atoms with Gasteiger partial charge in [-0.3, -0.25) is 4.79 Å². The van der Waals surface area contributed by atoms with Crippen molar-refractivity contribution >= 4 is 40.3 Å². The van der Waals surface area contributed by atoms with E-state index in [0.717, 1.165) is 14.9 Å². The monoisotopic (exact) mass is 462 g/mol. The van der Waals surface area contributed by atoms with Gasteiger partial charge in [0.25, 0.3) is 5.91 Å². The zero-order valence-electron chi connectivity index (χ0n) is 14.6. The van der Waals surface area contributed by atoms with Gasteiger partial charge < -0.3 is 14.8 Å². The van der Waals surface area contributed by atoms with Crippen LogP contribution in [0.2, 0.25) is 0 Å². The number of carbonyl (C=O) groups excluding carboxylic acids is 1. The average Bonchev–Trinajstić information content (AvgIpc) is 2.61. The Labute approximate surface area is 166 Å². The molecule has 1 N–H and O–H groups in total. The van der Waals surface area contributed by atoms with E-state index in [4.69, 9.17) is 9.47 Å². The number of hydrogen-bond acceptors (Lipinski definition) is 4. The first-order valence-electron chi connectivity index (χ1n) is 8.15. The molecule has 0 spiro atoms. The second-order valence-electron chi connectivity index (χ2n) is 5.23. The van der Waals surface area contributed by atoms with Gasteiger partial charge in [-0.2, -0.15) is 5.26 Å². The minimum atomic E-state index is -0.464. The van der Waals surface area contributed by atoms with E-state index in [0.29, 0.717) is 24.7 Å². The van der Waals surface area contributed by atoms with Crippen LogP contribution in [-0.4, -0.2) is 19.1 Å². The number of halogens is 1. The second-order valence-corrected chi connectivity index (χ2v) is 6.48. The summed E-state index contributed by atoms with van der Waals surface area (Å²) >= 11 is 2.17. The van der Waals surface area contributed by atoms with E-state index in [9.17, 15) is 10.1 Å². The predicted octanol–water partition coefficient (Wildman–Crippen LogP) is 4.63. The summed E-state index contributed by atoms with van der Waals surface area (Å²) < 4.78 is 11.8. The molecule has 26 heavy (non-hydrogen) atoms. The van der Waals surface area contributed by atoms with E-state index in [1.165, 1.54) is 0 Å². The van der Waals surface area contributed by atoms with Gasteiger partial charge in [0.15, 0.2) is 0 Å². The molecule has 0 atom stereocenters. The minimum Gasteiger partial charge on any atom is -0.494 e. The van der Waals surface area contributed by atoms with Gasteiger partial charge in [0, 0.05) is 9.26 Å². The van der Waals surface area contributed by atoms with Crippen molar-refractivity contribution in [2.75, 3.05) is 18.5 Å². The topological polar surface area (TPSA) is 71.3 Å². The molecule has 2 aromatic carbocycles. The van der Waals surface area contributed by atoms with Gasteiger partial charge in [-0.1, -0.05) is 0 Å².